The molecule has 2 aliphatic carbocycles. The summed E-state index contributed by atoms with van der Waals surface area (Å²) in [6.07, 6.45) is 5.64. The minimum absolute atomic E-state index is 0.670. The first-order valence-electron chi connectivity index (χ1n) is 4.78. The maximum atomic E-state index is 5.09. The lowest BCUT2D eigenvalue weighted by molar-refractivity contribution is 0.390. The predicted molar refractivity (Wildman–Crippen MR) is 54.0 cm³/mol. The Morgan fingerprint density at radius 1 is 1.33 bits per heavy atom. The molecular formula is C9H16N2S. The van der Waals surface area contributed by atoms with Crippen molar-refractivity contribution in [2.45, 2.75) is 31.7 Å². The molecule has 0 saturated heterocycles. The second-order valence-corrected chi connectivity index (χ2v) is 4.41. The molecular weight excluding hydrogens is 168 g/mol. The Kier molecular flexibility index (Phi) is 2.22. The van der Waals surface area contributed by atoms with Gasteiger partial charge in [0.1, 0.15) is 0 Å². The SMILES string of the molecule is CNC(=S)N[C@@H]1C[C@H]2CC[C@@H]1C2. The minimum Gasteiger partial charge on any atom is -0.366 e. The average molecular weight is 184 g/mol. The number of rotatable bonds is 1. The summed E-state index contributed by atoms with van der Waals surface area (Å²) in [5, 5.41) is 7.16. The zero-order valence-corrected chi connectivity index (χ0v) is 8.29. The van der Waals surface area contributed by atoms with Crippen molar-refractivity contribution >= 4 is 17.3 Å². The number of thiocarbonyl (C=S) groups is 1. The Hall–Kier alpha value is -0.310. The van der Waals surface area contributed by atoms with Gasteiger partial charge in [-0.3, -0.25) is 0 Å². The smallest absolute Gasteiger partial charge is 0.166 e. The van der Waals surface area contributed by atoms with Crippen LogP contribution in [0.15, 0.2) is 0 Å². The lowest BCUT2D eigenvalue weighted by atomic mass is 9.96. The normalized spacial score (nSPS) is 38.2. The molecule has 3 atom stereocenters. The molecule has 12 heavy (non-hydrogen) atoms. The van der Waals surface area contributed by atoms with Crippen molar-refractivity contribution in [3.63, 3.8) is 0 Å². The van der Waals surface area contributed by atoms with E-state index >= 15 is 0 Å². The molecule has 2 N–H and O–H groups in total. The molecule has 0 heterocycles. The summed E-state index contributed by atoms with van der Waals surface area (Å²) in [7, 11) is 1.88. The highest BCUT2D eigenvalue weighted by Gasteiger charge is 2.39. The number of fused-ring (bicyclic) bond motifs is 2. The second kappa shape index (κ2) is 3.21. The molecule has 0 aliphatic heterocycles. The molecule has 2 rings (SSSR count). The Morgan fingerprint density at radius 3 is 2.67 bits per heavy atom. The monoisotopic (exact) mass is 184 g/mol. The molecule has 0 aromatic heterocycles. The molecule has 2 bridgehead atoms. The fourth-order valence-corrected chi connectivity index (χ4v) is 2.81. The maximum Gasteiger partial charge on any atom is 0.166 e. The number of hydrogen-bond donors (Lipinski definition) is 2. The third kappa shape index (κ3) is 1.42. The van der Waals surface area contributed by atoms with Gasteiger partial charge < -0.3 is 10.6 Å². The van der Waals surface area contributed by atoms with E-state index < -0.39 is 0 Å². The summed E-state index contributed by atoms with van der Waals surface area (Å²) in [6.45, 7) is 0. The van der Waals surface area contributed by atoms with Crippen LogP contribution < -0.4 is 10.6 Å². The molecule has 0 amide bonds. The molecule has 0 radical (unpaired) electrons. The molecule has 0 aromatic carbocycles. The summed E-state index contributed by atoms with van der Waals surface area (Å²) in [6, 6.07) is 0.670. The highest BCUT2D eigenvalue weighted by atomic mass is 32.1. The summed E-state index contributed by atoms with van der Waals surface area (Å²) in [5.41, 5.74) is 0. The van der Waals surface area contributed by atoms with E-state index in [0.29, 0.717) is 6.04 Å². The summed E-state index contributed by atoms with van der Waals surface area (Å²) in [5.74, 6) is 1.90. The van der Waals surface area contributed by atoms with Crippen molar-refractivity contribution in [3.05, 3.63) is 0 Å². The van der Waals surface area contributed by atoms with Crippen LogP contribution in [0, 0.1) is 11.8 Å². The zero-order chi connectivity index (χ0) is 8.55. The van der Waals surface area contributed by atoms with Crippen molar-refractivity contribution in [1.29, 1.82) is 0 Å². The van der Waals surface area contributed by atoms with Crippen molar-refractivity contribution < 1.29 is 0 Å². The van der Waals surface area contributed by atoms with E-state index in [1.165, 1.54) is 25.7 Å². The highest BCUT2D eigenvalue weighted by molar-refractivity contribution is 7.80. The Morgan fingerprint density at radius 2 is 2.17 bits per heavy atom. The third-order valence-corrected chi connectivity index (χ3v) is 3.60. The van der Waals surface area contributed by atoms with Crippen molar-refractivity contribution in [2.75, 3.05) is 7.05 Å². The first-order valence-corrected chi connectivity index (χ1v) is 5.18. The van der Waals surface area contributed by atoms with Crippen LogP contribution in [-0.4, -0.2) is 18.2 Å². The van der Waals surface area contributed by atoms with Crippen LogP contribution in [0.1, 0.15) is 25.7 Å². The lowest BCUT2D eigenvalue weighted by Gasteiger charge is -2.23. The van der Waals surface area contributed by atoms with Crippen LogP contribution in [0.5, 0.6) is 0 Å². The summed E-state index contributed by atoms with van der Waals surface area (Å²) < 4.78 is 0. The van der Waals surface area contributed by atoms with Gasteiger partial charge >= 0.3 is 0 Å². The second-order valence-electron chi connectivity index (χ2n) is 4.00. The molecule has 0 unspecified atom stereocenters. The Labute approximate surface area is 79.1 Å². The van der Waals surface area contributed by atoms with E-state index in [2.05, 4.69) is 10.6 Å². The van der Waals surface area contributed by atoms with Gasteiger partial charge in [0.15, 0.2) is 5.11 Å². The van der Waals surface area contributed by atoms with Crippen LogP contribution in [0.2, 0.25) is 0 Å². The van der Waals surface area contributed by atoms with E-state index in [4.69, 9.17) is 12.2 Å². The molecule has 2 aliphatic rings. The van der Waals surface area contributed by atoms with Gasteiger partial charge in [-0.2, -0.15) is 0 Å². The summed E-state index contributed by atoms with van der Waals surface area (Å²) in [4.78, 5) is 0. The molecule has 2 fully saturated rings. The quantitative estimate of drug-likeness (QED) is 0.600. The fraction of sp³-hybridized carbons (Fsp3) is 0.889. The van der Waals surface area contributed by atoms with E-state index in [1.54, 1.807) is 0 Å². The zero-order valence-electron chi connectivity index (χ0n) is 7.47. The highest BCUT2D eigenvalue weighted by Crippen LogP contribution is 2.44. The average Bonchev–Trinajstić information content (AvgIpc) is 2.64. The van der Waals surface area contributed by atoms with Crippen LogP contribution in [0.3, 0.4) is 0 Å². The van der Waals surface area contributed by atoms with Gasteiger partial charge in [0.25, 0.3) is 0 Å². The van der Waals surface area contributed by atoms with Gasteiger partial charge in [-0.15, -0.1) is 0 Å². The van der Waals surface area contributed by atoms with Gasteiger partial charge in [0.2, 0.25) is 0 Å². The maximum absolute atomic E-state index is 5.09. The van der Waals surface area contributed by atoms with Gasteiger partial charge in [0.05, 0.1) is 0 Å². The van der Waals surface area contributed by atoms with Gasteiger partial charge in [0, 0.05) is 13.1 Å². The molecule has 0 spiro atoms. The van der Waals surface area contributed by atoms with E-state index in [-0.39, 0.29) is 0 Å². The Balaban J connectivity index is 1.86. The standard InChI is InChI=1S/C9H16N2S/c1-10-9(12)11-8-5-6-2-3-7(8)4-6/h6-8H,2-5H2,1H3,(H2,10,11,12)/t6-,7+,8+/m0/s1. The predicted octanol–water partition coefficient (Wildman–Crippen LogP) is 1.27. The number of hydrogen-bond acceptors (Lipinski definition) is 1. The molecule has 2 nitrogen and oxygen atoms in total. The topological polar surface area (TPSA) is 24.1 Å². The van der Waals surface area contributed by atoms with E-state index in [1.807, 2.05) is 7.05 Å². The van der Waals surface area contributed by atoms with Gasteiger partial charge in [-0.1, -0.05) is 6.42 Å². The fourth-order valence-electron chi connectivity index (χ4n) is 2.66. The first kappa shape index (κ1) is 8.30. The minimum atomic E-state index is 0.670. The van der Waals surface area contributed by atoms with Crippen LogP contribution >= 0.6 is 12.2 Å². The van der Waals surface area contributed by atoms with Crippen molar-refractivity contribution in [2.24, 2.45) is 11.8 Å². The molecule has 68 valence electrons. The Bertz CT molecular complexity index is 193. The van der Waals surface area contributed by atoms with Gasteiger partial charge in [-0.05, 0) is 43.3 Å². The number of nitrogens with one attached hydrogen (secondary N) is 2. The van der Waals surface area contributed by atoms with Crippen molar-refractivity contribution in [3.8, 4) is 0 Å². The van der Waals surface area contributed by atoms with Crippen molar-refractivity contribution in [1.82, 2.24) is 10.6 Å². The molecule has 2 saturated carbocycles. The lowest BCUT2D eigenvalue weighted by Crippen LogP contribution is -2.42. The van der Waals surface area contributed by atoms with Gasteiger partial charge in [-0.25, -0.2) is 0 Å². The third-order valence-electron chi connectivity index (χ3n) is 3.28. The van der Waals surface area contributed by atoms with Crippen LogP contribution in [0.25, 0.3) is 0 Å². The van der Waals surface area contributed by atoms with Crippen LogP contribution in [0.4, 0.5) is 0 Å². The largest absolute Gasteiger partial charge is 0.366 e. The first-order chi connectivity index (χ1) is 5.79. The molecule has 3 heteroatoms. The van der Waals surface area contributed by atoms with E-state index in [9.17, 15) is 0 Å². The van der Waals surface area contributed by atoms with Crippen LogP contribution in [-0.2, 0) is 0 Å². The summed E-state index contributed by atoms with van der Waals surface area (Å²) >= 11 is 5.09. The van der Waals surface area contributed by atoms with E-state index in [0.717, 1.165) is 16.9 Å². The molecule has 0 aromatic rings.